The first-order valence-electron chi connectivity index (χ1n) is 9.05. The molecule has 3 amide bonds. The van der Waals surface area contributed by atoms with Crippen molar-refractivity contribution in [1.29, 1.82) is 0 Å². The topological polar surface area (TPSA) is 105 Å². The average Bonchev–Trinajstić information content (AvgIpc) is 2.76. The zero-order valence-electron chi connectivity index (χ0n) is 16.7. The summed E-state index contributed by atoms with van der Waals surface area (Å²) in [6.45, 7) is 0. The molecule has 0 saturated heterocycles. The Hall–Kier alpha value is -3.35. The van der Waals surface area contributed by atoms with Crippen LogP contribution in [0.5, 0.6) is 0 Å². The van der Waals surface area contributed by atoms with Gasteiger partial charge in [-0.25, -0.2) is 20.2 Å². The zero-order valence-corrected chi connectivity index (χ0v) is 18.3. The number of hydrogen-bond acceptors (Lipinski definition) is 6. The van der Waals surface area contributed by atoms with Crippen LogP contribution in [-0.2, 0) is 11.0 Å². The normalized spacial score (nSPS) is 11.1. The van der Waals surface area contributed by atoms with E-state index in [1.807, 2.05) is 0 Å². The quantitative estimate of drug-likeness (QED) is 0.318. The maximum Gasteiger partial charge on any atom is 0.417 e. The van der Waals surface area contributed by atoms with Crippen molar-refractivity contribution in [2.45, 2.75) is 16.1 Å². The van der Waals surface area contributed by atoms with E-state index in [0.29, 0.717) is 10.7 Å². The van der Waals surface area contributed by atoms with Gasteiger partial charge in [-0.1, -0.05) is 23.4 Å². The predicted octanol–water partition coefficient (Wildman–Crippen LogP) is 5.24. The van der Waals surface area contributed by atoms with Crippen molar-refractivity contribution >= 4 is 46.7 Å². The monoisotopic (exact) mass is 497 g/mol. The number of nitrogens with zero attached hydrogens (tertiary/aromatic N) is 2. The molecule has 8 nitrogen and oxygen atoms in total. The second kappa shape index (κ2) is 10.5. The summed E-state index contributed by atoms with van der Waals surface area (Å²) in [6, 6.07) is 10.6. The largest absolute Gasteiger partial charge is 0.417 e. The Morgan fingerprint density at radius 2 is 1.70 bits per heavy atom. The number of hydrogen-bond donors (Lipinski definition) is 3. The summed E-state index contributed by atoms with van der Waals surface area (Å²) in [4.78, 5) is 37.2. The van der Waals surface area contributed by atoms with Crippen molar-refractivity contribution in [2.24, 2.45) is 0 Å². The van der Waals surface area contributed by atoms with Crippen molar-refractivity contribution in [3.05, 3.63) is 71.1 Å². The first kappa shape index (κ1) is 24.3. The lowest BCUT2D eigenvalue weighted by Crippen LogP contribution is -2.24. The third kappa shape index (κ3) is 6.81. The van der Waals surface area contributed by atoms with Gasteiger partial charge in [0.15, 0.2) is 0 Å². The lowest BCUT2D eigenvalue weighted by Gasteiger charge is -2.12. The van der Waals surface area contributed by atoms with Crippen molar-refractivity contribution in [3.63, 3.8) is 0 Å². The first-order valence-corrected chi connectivity index (χ1v) is 10.2. The summed E-state index contributed by atoms with van der Waals surface area (Å²) in [6.07, 6.45) is -3.21. The van der Waals surface area contributed by atoms with Crippen molar-refractivity contribution in [2.75, 3.05) is 17.7 Å². The molecule has 0 unspecified atom stereocenters. The summed E-state index contributed by atoms with van der Waals surface area (Å²) in [7, 11) is 1.29. The standard InChI is InChI=1S/C20H15ClF3N5O3S/c1-32-29-18(30)17-25-9-8-16(28-17)33-13-5-2-11(3-6-13)26-19(31)27-12-4-7-15(21)14(10-12)20(22,23)24/h2-10H,1H3,(H,29,30)(H2,26,27,31). The molecule has 1 heterocycles. The number of hydroxylamine groups is 1. The van der Waals surface area contributed by atoms with Gasteiger partial charge in [0, 0.05) is 22.5 Å². The van der Waals surface area contributed by atoms with Crippen molar-refractivity contribution in [1.82, 2.24) is 15.4 Å². The van der Waals surface area contributed by atoms with Crippen LogP contribution in [0.3, 0.4) is 0 Å². The van der Waals surface area contributed by atoms with Gasteiger partial charge in [-0.2, -0.15) is 13.2 Å². The van der Waals surface area contributed by atoms with Crippen LogP contribution in [0.25, 0.3) is 0 Å². The highest BCUT2D eigenvalue weighted by molar-refractivity contribution is 7.99. The Morgan fingerprint density at radius 3 is 2.36 bits per heavy atom. The fourth-order valence-electron chi connectivity index (χ4n) is 2.49. The molecule has 3 aromatic rings. The summed E-state index contributed by atoms with van der Waals surface area (Å²) in [5.41, 5.74) is 1.43. The highest BCUT2D eigenvalue weighted by Gasteiger charge is 2.33. The Kier molecular flexibility index (Phi) is 7.74. The average molecular weight is 498 g/mol. The number of rotatable bonds is 6. The van der Waals surface area contributed by atoms with E-state index in [9.17, 15) is 22.8 Å². The second-order valence-electron chi connectivity index (χ2n) is 6.25. The fraction of sp³-hybridized carbons (Fsp3) is 0.100. The molecule has 0 spiro atoms. The summed E-state index contributed by atoms with van der Waals surface area (Å²) >= 11 is 6.83. The van der Waals surface area contributed by atoms with Gasteiger partial charge < -0.3 is 10.6 Å². The minimum Gasteiger partial charge on any atom is -0.308 e. The number of urea groups is 1. The molecule has 33 heavy (non-hydrogen) atoms. The molecule has 3 rings (SSSR count). The predicted molar refractivity (Wildman–Crippen MR) is 116 cm³/mol. The highest BCUT2D eigenvalue weighted by atomic mass is 35.5. The van der Waals surface area contributed by atoms with Gasteiger partial charge in [0.1, 0.15) is 5.03 Å². The zero-order chi connectivity index (χ0) is 24.0. The molecule has 0 aliphatic rings. The Bertz CT molecular complexity index is 1160. The van der Waals surface area contributed by atoms with E-state index >= 15 is 0 Å². The van der Waals surface area contributed by atoms with Crippen LogP contribution in [0, 0.1) is 0 Å². The van der Waals surface area contributed by atoms with Crippen LogP contribution in [0.4, 0.5) is 29.3 Å². The summed E-state index contributed by atoms with van der Waals surface area (Å²) in [5, 5.41) is 4.91. The van der Waals surface area contributed by atoms with Crippen molar-refractivity contribution < 1.29 is 27.6 Å². The molecule has 1 aromatic heterocycles. The minimum atomic E-state index is -4.64. The van der Waals surface area contributed by atoms with Gasteiger partial charge in [0.05, 0.1) is 17.7 Å². The van der Waals surface area contributed by atoms with Crippen molar-refractivity contribution in [3.8, 4) is 0 Å². The number of aromatic nitrogens is 2. The molecule has 0 aliphatic carbocycles. The van der Waals surface area contributed by atoms with Crippen LogP contribution in [0.1, 0.15) is 16.2 Å². The third-order valence-electron chi connectivity index (χ3n) is 3.89. The van der Waals surface area contributed by atoms with Crippen LogP contribution in [0.15, 0.2) is 64.6 Å². The molecule has 0 atom stereocenters. The lowest BCUT2D eigenvalue weighted by atomic mass is 10.2. The van der Waals surface area contributed by atoms with E-state index in [1.165, 1.54) is 31.1 Å². The molecule has 0 bridgehead atoms. The van der Waals surface area contributed by atoms with Gasteiger partial charge in [0.2, 0.25) is 5.82 Å². The molecule has 172 valence electrons. The number of alkyl halides is 3. The maximum atomic E-state index is 13.0. The van der Waals surface area contributed by atoms with E-state index in [4.69, 9.17) is 11.6 Å². The Morgan fingerprint density at radius 1 is 1.03 bits per heavy atom. The van der Waals surface area contributed by atoms with E-state index in [1.54, 1.807) is 30.3 Å². The Balaban J connectivity index is 1.61. The molecule has 2 aromatic carbocycles. The van der Waals surface area contributed by atoms with Gasteiger partial charge in [-0.15, -0.1) is 0 Å². The van der Waals surface area contributed by atoms with E-state index in [0.717, 1.165) is 17.0 Å². The lowest BCUT2D eigenvalue weighted by molar-refractivity contribution is -0.137. The molecular weight excluding hydrogens is 483 g/mol. The molecule has 0 saturated carbocycles. The van der Waals surface area contributed by atoms with E-state index in [-0.39, 0.29) is 11.5 Å². The molecule has 13 heteroatoms. The number of amides is 3. The van der Waals surface area contributed by atoms with Crippen LogP contribution in [-0.4, -0.2) is 29.0 Å². The number of halogens is 4. The molecule has 0 radical (unpaired) electrons. The summed E-state index contributed by atoms with van der Waals surface area (Å²) < 4.78 is 38.9. The molecule has 0 aliphatic heterocycles. The van der Waals surface area contributed by atoms with E-state index in [2.05, 4.69) is 30.9 Å². The van der Waals surface area contributed by atoms with Gasteiger partial charge in [0.25, 0.3) is 0 Å². The summed E-state index contributed by atoms with van der Waals surface area (Å²) in [5.74, 6) is -0.652. The number of benzene rings is 2. The van der Waals surface area contributed by atoms with Crippen LogP contribution in [0.2, 0.25) is 5.02 Å². The van der Waals surface area contributed by atoms with Gasteiger partial charge in [-0.3, -0.25) is 9.63 Å². The second-order valence-corrected chi connectivity index (χ2v) is 7.75. The third-order valence-corrected chi connectivity index (χ3v) is 5.17. The maximum absolute atomic E-state index is 13.0. The molecular formula is C20H15ClF3N5O3S. The number of carbonyl (C=O) groups excluding carboxylic acids is 2. The Labute approximate surface area is 194 Å². The number of anilines is 2. The highest BCUT2D eigenvalue weighted by Crippen LogP contribution is 2.36. The van der Waals surface area contributed by atoms with Gasteiger partial charge in [-0.05, 0) is 48.5 Å². The van der Waals surface area contributed by atoms with Gasteiger partial charge >= 0.3 is 18.1 Å². The van der Waals surface area contributed by atoms with Crippen LogP contribution >= 0.6 is 23.4 Å². The number of carbonyl (C=O) groups is 2. The molecule has 3 N–H and O–H groups in total. The number of nitrogens with one attached hydrogen (secondary N) is 3. The fourth-order valence-corrected chi connectivity index (χ4v) is 3.49. The van der Waals surface area contributed by atoms with Crippen LogP contribution < -0.4 is 16.1 Å². The van der Waals surface area contributed by atoms with E-state index < -0.39 is 28.7 Å². The first-order chi connectivity index (χ1) is 15.7. The molecule has 0 fully saturated rings. The smallest absolute Gasteiger partial charge is 0.308 e. The SMILES string of the molecule is CONC(=O)c1nccc(Sc2ccc(NC(=O)Nc3ccc(Cl)c(C(F)(F)F)c3)cc2)n1. The minimum absolute atomic E-state index is 0.0616.